The van der Waals surface area contributed by atoms with Gasteiger partial charge in [-0.15, -0.1) is 0 Å². The first-order valence-corrected chi connectivity index (χ1v) is 12.2. The minimum atomic E-state index is -3.14. The van der Waals surface area contributed by atoms with Gasteiger partial charge in [-0.3, -0.25) is 14.8 Å². The number of alkyl halides is 2. The molecule has 2 aliphatic rings. The van der Waals surface area contributed by atoms with Gasteiger partial charge >= 0.3 is 0 Å². The largest absolute Gasteiger partial charge is 0.394 e. The molecule has 198 valence electrons. The summed E-state index contributed by atoms with van der Waals surface area (Å²) >= 11 is 5.99. The lowest BCUT2D eigenvalue weighted by atomic mass is 9.73. The smallest absolute Gasteiger partial charge is 0.273 e. The molecule has 2 aromatic rings. The molecule has 1 heterocycles. The number of halogens is 4. The highest BCUT2D eigenvalue weighted by Crippen LogP contribution is 2.43. The van der Waals surface area contributed by atoms with E-state index in [1.54, 1.807) is 31.2 Å². The van der Waals surface area contributed by atoms with Crippen molar-refractivity contribution in [2.45, 2.75) is 49.8 Å². The van der Waals surface area contributed by atoms with Crippen molar-refractivity contribution >= 4 is 29.1 Å². The number of amides is 1. The molecule has 1 fully saturated rings. The number of amidine groups is 1. The zero-order valence-electron chi connectivity index (χ0n) is 20.1. The topological polar surface area (TPSA) is 120 Å². The summed E-state index contributed by atoms with van der Waals surface area (Å²) in [6, 6.07) is 9.66. The molecule has 1 saturated carbocycles. The number of rotatable bonds is 6. The predicted octanol–water partition coefficient (Wildman–Crippen LogP) is 3.66. The number of nitrogens with one attached hydrogen (secondary N) is 1. The molecule has 1 amide bonds. The van der Waals surface area contributed by atoms with Crippen LogP contribution in [0.25, 0.3) is 0 Å². The molecule has 1 aliphatic heterocycles. The second-order valence-electron chi connectivity index (χ2n) is 9.73. The first-order valence-electron chi connectivity index (χ1n) is 11.9. The van der Waals surface area contributed by atoms with Crippen LogP contribution in [0.15, 0.2) is 52.4 Å². The van der Waals surface area contributed by atoms with E-state index in [1.807, 2.05) is 0 Å². The first kappa shape index (κ1) is 27.1. The number of aliphatic imine (C=N–C) groups is 2. The Kier molecular flexibility index (Phi) is 7.64. The minimum absolute atomic E-state index is 0.0667. The summed E-state index contributed by atoms with van der Waals surface area (Å²) in [6.45, 7) is 1.49. The fraction of sp³-hybridized carbons (Fsp3) is 0.423. The summed E-state index contributed by atoms with van der Waals surface area (Å²) in [5.74, 6) is -5.02. The van der Waals surface area contributed by atoms with Crippen molar-refractivity contribution in [3.63, 3.8) is 0 Å². The van der Waals surface area contributed by atoms with E-state index >= 15 is 4.39 Å². The van der Waals surface area contributed by atoms with Gasteiger partial charge in [-0.05, 0) is 55.5 Å². The maximum atomic E-state index is 15.1. The zero-order chi connectivity index (χ0) is 27.0. The molecule has 4 atom stereocenters. The van der Waals surface area contributed by atoms with Gasteiger partial charge < -0.3 is 21.3 Å². The SMILES string of the molecule is CC1([C@@H]2CCC(F)(F)[C@H](O)C2)CN=C(N)C(c2ccc(C(=O)N[C@H](CO)c3cccc(Cl)c3)c(F)c2)=N1. The van der Waals surface area contributed by atoms with Crippen LogP contribution >= 0.6 is 11.6 Å². The number of hydrogen-bond acceptors (Lipinski definition) is 6. The number of nitrogens with two attached hydrogens (primary N) is 1. The third-order valence-corrected chi connectivity index (χ3v) is 7.34. The van der Waals surface area contributed by atoms with Crippen LogP contribution in [0.2, 0.25) is 5.02 Å². The van der Waals surface area contributed by atoms with Crippen LogP contribution in [0.1, 0.15) is 53.7 Å². The molecule has 0 radical (unpaired) electrons. The van der Waals surface area contributed by atoms with Crippen molar-refractivity contribution in [3.05, 3.63) is 70.0 Å². The third kappa shape index (κ3) is 5.66. The summed E-state index contributed by atoms with van der Waals surface area (Å²) in [7, 11) is 0. The van der Waals surface area contributed by atoms with Gasteiger partial charge in [0.2, 0.25) is 0 Å². The third-order valence-electron chi connectivity index (χ3n) is 7.11. The molecule has 0 saturated heterocycles. The van der Waals surface area contributed by atoms with Gasteiger partial charge in [0.15, 0.2) is 0 Å². The first-order chi connectivity index (χ1) is 17.4. The van der Waals surface area contributed by atoms with Crippen LogP contribution in [-0.4, -0.2) is 58.4 Å². The molecule has 11 heteroatoms. The fourth-order valence-corrected chi connectivity index (χ4v) is 5.00. The molecule has 0 bridgehead atoms. The molecule has 0 spiro atoms. The lowest BCUT2D eigenvalue weighted by Crippen LogP contribution is -2.50. The van der Waals surface area contributed by atoms with Gasteiger partial charge in [0.25, 0.3) is 11.8 Å². The standard InChI is InChI=1S/C26H28ClF3N4O3/c1-25(16-7-8-26(29,30)21(36)11-16)13-32-23(31)22(34-25)15-5-6-18(19(28)10-15)24(37)33-20(12-35)14-3-2-4-17(27)9-14/h2-6,9-10,16,20-21,35-36H,7-8,11-13H2,1H3,(H2,31,32)(H,33,37)/t16-,20-,21-,25?/m1/s1. The molecule has 37 heavy (non-hydrogen) atoms. The number of benzene rings is 2. The summed E-state index contributed by atoms with van der Waals surface area (Å²) in [4.78, 5) is 21.8. The van der Waals surface area contributed by atoms with Crippen molar-refractivity contribution in [1.29, 1.82) is 0 Å². The van der Waals surface area contributed by atoms with E-state index in [0.29, 0.717) is 10.6 Å². The molecule has 4 rings (SSSR count). The minimum Gasteiger partial charge on any atom is -0.394 e. The van der Waals surface area contributed by atoms with E-state index in [-0.39, 0.29) is 48.0 Å². The quantitative estimate of drug-likeness (QED) is 0.450. The molecular formula is C26H28ClF3N4O3. The normalized spacial score (nSPS) is 26.1. The van der Waals surface area contributed by atoms with Gasteiger partial charge in [0, 0.05) is 17.0 Å². The maximum absolute atomic E-state index is 15.1. The van der Waals surface area contributed by atoms with Crippen molar-refractivity contribution in [2.75, 3.05) is 13.2 Å². The number of carbonyl (C=O) groups is 1. The second kappa shape index (κ2) is 10.4. The van der Waals surface area contributed by atoms with Crippen LogP contribution in [0.4, 0.5) is 13.2 Å². The lowest BCUT2D eigenvalue weighted by Gasteiger charge is -2.42. The van der Waals surface area contributed by atoms with E-state index in [1.165, 1.54) is 12.1 Å². The molecule has 7 nitrogen and oxygen atoms in total. The summed E-state index contributed by atoms with van der Waals surface area (Å²) in [5.41, 5.74) is 5.92. The predicted molar refractivity (Wildman–Crippen MR) is 135 cm³/mol. The van der Waals surface area contributed by atoms with Gasteiger partial charge in [-0.2, -0.15) is 0 Å². The van der Waals surface area contributed by atoms with Crippen LogP contribution in [-0.2, 0) is 0 Å². The Bertz CT molecular complexity index is 1260. The number of aliphatic hydroxyl groups excluding tert-OH is 2. The molecule has 1 aliphatic carbocycles. The van der Waals surface area contributed by atoms with Crippen molar-refractivity contribution in [2.24, 2.45) is 21.6 Å². The van der Waals surface area contributed by atoms with E-state index in [9.17, 15) is 23.8 Å². The van der Waals surface area contributed by atoms with Crippen molar-refractivity contribution < 1.29 is 28.2 Å². The van der Waals surface area contributed by atoms with Gasteiger partial charge in [0.05, 0.1) is 30.3 Å². The summed E-state index contributed by atoms with van der Waals surface area (Å²) < 4.78 is 42.7. The number of carbonyl (C=O) groups excluding carboxylic acids is 1. The highest BCUT2D eigenvalue weighted by atomic mass is 35.5. The number of nitrogens with zero attached hydrogens (tertiary/aromatic N) is 2. The van der Waals surface area contributed by atoms with Crippen molar-refractivity contribution in [1.82, 2.24) is 5.32 Å². The Hall–Kier alpha value is -2.95. The lowest BCUT2D eigenvalue weighted by molar-refractivity contribution is -0.146. The molecule has 0 aromatic heterocycles. The molecule has 2 aromatic carbocycles. The van der Waals surface area contributed by atoms with E-state index in [0.717, 1.165) is 6.07 Å². The van der Waals surface area contributed by atoms with Gasteiger partial charge in [0.1, 0.15) is 23.5 Å². The Morgan fingerprint density at radius 1 is 1.30 bits per heavy atom. The van der Waals surface area contributed by atoms with Gasteiger partial charge in [-0.1, -0.05) is 29.8 Å². The second-order valence-corrected chi connectivity index (χ2v) is 10.2. The van der Waals surface area contributed by atoms with E-state index in [4.69, 9.17) is 17.3 Å². The number of hydrogen-bond donors (Lipinski definition) is 4. The maximum Gasteiger partial charge on any atom is 0.273 e. The number of aliphatic hydroxyl groups is 2. The highest BCUT2D eigenvalue weighted by molar-refractivity contribution is 6.47. The molecular weight excluding hydrogens is 509 g/mol. The zero-order valence-corrected chi connectivity index (χ0v) is 20.9. The van der Waals surface area contributed by atoms with Crippen molar-refractivity contribution in [3.8, 4) is 0 Å². The van der Waals surface area contributed by atoms with Crippen LogP contribution < -0.4 is 11.1 Å². The molecule has 1 unspecified atom stereocenters. The highest BCUT2D eigenvalue weighted by Gasteiger charge is 2.49. The van der Waals surface area contributed by atoms with E-state index in [2.05, 4.69) is 15.3 Å². The fourth-order valence-electron chi connectivity index (χ4n) is 4.80. The van der Waals surface area contributed by atoms with Gasteiger partial charge in [-0.25, -0.2) is 13.2 Å². The Morgan fingerprint density at radius 3 is 2.70 bits per heavy atom. The van der Waals surface area contributed by atoms with Crippen LogP contribution in [0, 0.1) is 11.7 Å². The summed E-state index contributed by atoms with van der Waals surface area (Å²) in [6.07, 6.45) is -2.21. The Labute approximate surface area is 217 Å². The Balaban J connectivity index is 1.56. The average molecular weight is 537 g/mol. The average Bonchev–Trinajstić information content (AvgIpc) is 2.85. The van der Waals surface area contributed by atoms with E-state index < -0.39 is 48.4 Å². The van der Waals surface area contributed by atoms with Crippen LogP contribution in [0.3, 0.4) is 0 Å². The summed E-state index contributed by atoms with van der Waals surface area (Å²) in [5, 5.41) is 22.7. The monoisotopic (exact) mass is 536 g/mol. The molecule has 5 N–H and O–H groups in total. The van der Waals surface area contributed by atoms with Crippen LogP contribution in [0.5, 0.6) is 0 Å². The Morgan fingerprint density at radius 2 is 2.05 bits per heavy atom.